The number of thiazole rings is 1. The Labute approximate surface area is 146 Å². The van der Waals surface area contributed by atoms with Crippen molar-refractivity contribution in [2.45, 2.75) is 32.0 Å². The third kappa shape index (κ3) is 3.66. The summed E-state index contributed by atoms with van der Waals surface area (Å²) in [5.41, 5.74) is 1.62. The lowest BCUT2D eigenvalue weighted by Crippen LogP contribution is -2.43. The Morgan fingerprint density at radius 1 is 1.42 bits per heavy atom. The van der Waals surface area contributed by atoms with Crippen LogP contribution in [0, 0.1) is 0 Å². The van der Waals surface area contributed by atoms with Crippen LogP contribution in [0.1, 0.15) is 24.2 Å². The number of methoxy groups -OCH3 is 1. The van der Waals surface area contributed by atoms with E-state index in [4.69, 9.17) is 4.74 Å². The van der Waals surface area contributed by atoms with Crippen LogP contribution >= 0.6 is 11.3 Å². The van der Waals surface area contributed by atoms with Gasteiger partial charge >= 0.3 is 0 Å². The number of hydrogen-bond donors (Lipinski definition) is 1. The zero-order chi connectivity index (χ0) is 17.1. The molecule has 24 heavy (non-hydrogen) atoms. The first-order chi connectivity index (χ1) is 11.6. The van der Waals surface area contributed by atoms with Gasteiger partial charge in [-0.2, -0.15) is 0 Å². The van der Waals surface area contributed by atoms with E-state index < -0.39 is 0 Å². The molecule has 0 aliphatic carbocycles. The van der Waals surface area contributed by atoms with E-state index in [1.54, 1.807) is 24.6 Å². The number of aromatic nitrogens is 1. The van der Waals surface area contributed by atoms with Gasteiger partial charge in [0, 0.05) is 48.9 Å². The number of ether oxygens (including phenoxy) is 1. The summed E-state index contributed by atoms with van der Waals surface area (Å²) >= 11 is 1.57. The first kappa shape index (κ1) is 17.1. The number of hydrogen-bond acceptors (Lipinski definition) is 5. The van der Waals surface area contributed by atoms with E-state index in [-0.39, 0.29) is 18.1 Å². The molecule has 3 rings (SSSR count). The molecule has 0 bridgehead atoms. The van der Waals surface area contributed by atoms with Gasteiger partial charge in [-0.3, -0.25) is 9.69 Å². The van der Waals surface area contributed by atoms with Gasteiger partial charge in [-0.1, -0.05) is 12.1 Å². The highest BCUT2D eigenvalue weighted by Crippen LogP contribution is 2.23. The molecule has 5 nitrogen and oxygen atoms in total. The predicted octanol–water partition coefficient (Wildman–Crippen LogP) is 2.65. The molecule has 1 fully saturated rings. The third-order valence-corrected chi connectivity index (χ3v) is 5.27. The first-order valence-electron chi connectivity index (χ1n) is 8.16. The standard InChI is InChI=1S/C18H23N3O2S/c1-12(2)21-10-15(16(11-21)23-3)20-17(22)13-5-4-6-14(9-13)18-19-7-8-24-18/h4-9,12,15-16H,10-11H2,1-3H3,(H,20,22)/t15-,16-/m0/s1. The van der Waals surface area contributed by atoms with Gasteiger partial charge in [-0.25, -0.2) is 4.98 Å². The van der Waals surface area contributed by atoms with Crippen LogP contribution in [-0.4, -0.2) is 54.2 Å². The summed E-state index contributed by atoms with van der Waals surface area (Å²) in [7, 11) is 1.71. The van der Waals surface area contributed by atoms with Crippen LogP contribution in [0.15, 0.2) is 35.8 Å². The van der Waals surface area contributed by atoms with Gasteiger partial charge in [-0.05, 0) is 26.0 Å². The van der Waals surface area contributed by atoms with E-state index in [1.807, 2.05) is 29.6 Å². The van der Waals surface area contributed by atoms with Gasteiger partial charge in [0.15, 0.2) is 0 Å². The lowest BCUT2D eigenvalue weighted by molar-refractivity contribution is 0.0753. The molecular weight excluding hydrogens is 322 g/mol. The molecule has 2 aromatic rings. The van der Waals surface area contributed by atoms with Gasteiger partial charge in [0.25, 0.3) is 5.91 Å². The van der Waals surface area contributed by atoms with E-state index in [9.17, 15) is 4.79 Å². The van der Waals surface area contributed by atoms with E-state index >= 15 is 0 Å². The van der Waals surface area contributed by atoms with Gasteiger partial charge in [-0.15, -0.1) is 11.3 Å². The SMILES string of the molecule is CO[C@H]1CN(C(C)C)C[C@@H]1NC(=O)c1cccc(-c2nccs2)c1. The van der Waals surface area contributed by atoms with Gasteiger partial charge in [0.05, 0.1) is 12.1 Å². The zero-order valence-electron chi connectivity index (χ0n) is 14.2. The van der Waals surface area contributed by atoms with Gasteiger partial charge in [0.1, 0.15) is 5.01 Å². The van der Waals surface area contributed by atoms with E-state index in [1.165, 1.54) is 0 Å². The lowest BCUT2D eigenvalue weighted by Gasteiger charge is -2.20. The van der Waals surface area contributed by atoms with Crippen molar-refractivity contribution in [3.8, 4) is 10.6 Å². The number of rotatable bonds is 5. The lowest BCUT2D eigenvalue weighted by atomic mass is 10.1. The van der Waals surface area contributed by atoms with Gasteiger partial charge < -0.3 is 10.1 Å². The quantitative estimate of drug-likeness (QED) is 0.905. The Morgan fingerprint density at radius 3 is 2.92 bits per heavy atom. The van der Waals surface area contributed by atoms with Crippen LogP contribution in [0.5, 0.6) is 0 Å². The summed E-state index contributed by atoms with van der Waals surface area (Å²) in [6.07, 6.45) is 1.80. The Balaban J connectivity index is 1.72. The fourth-order valence-electron chi connectivity index (χ4n) is 3.01. The highest BCUT2D eigenvalue weighted by atomic mass is 32.1. The predicted molar refractivity (Wildman–Crippen MR) is 96.3 cm³/mol. The maximum Gasteiger partial charge on any atom is 0.251 e. The second-order valence-electron chi connectivity index (χ2n) is 6.32. The van der Waals surface area contributed by atoms with Crippen LogP contribution in [0.25, 0.3) is 10.6 Å². The van der Waals surface area contributed by atoms with Crippen molar-refractivity contribution in [3.05, 3.63) is 41.4 Å². The van der Waals surface area contributed by atoms with Crippen molar-refractivity contribution < 1.29 is 9.53 Å². The van der Waals surface area contributed by atoms with Crippen molar-refractivity contribution in [1.82, 2.24) is 15.2 Å². The average Bonchev–Trinajstić information content (AvgIpc) is 3.24. The van der Waals surface area contributed by atoms with Crippen LogP contribution < -0.4 is 5.32 Å². The molecule has 6 heteroatoms. The molecule has 2 atom stereocenters. The minimum Gasteiger partial charge on any atom is -0.378 e. The second kappa shape index (κ2) is 7.42. The Morgan fingerprint density at radius 2 is 2.25 bits per heavy atom. The molecule has 1 aromatic heterocycles. The van der Waals surface area contributed by atoms with Crippen LogP contribution in [0.4, 0.5) is 0 Å². The molecular formula is C18H23N3O2S. The first-order valence-corrected chi connectivity index (χ1v) is 9.04. The molecule has 1 aromatic carbocycles. The largest absolute Gasteiger partial charge is 0.378 e. The molecule has 1 aliphatic heterocycles. The van der Waals surface area contributed by atoms with Crippen molar-refractivity contribution >= 4 is 17.2 Å². The number of likely N-dealkylation sites (tertiary alicyclic amines) is 1. The van der Waals surface area contributed by atoms with Crippen molar-refractivity contribution in [2.75, 3.05) is 20.2 Å². The summed E-state index contributed by atoms with van der Waals surface area (Å²) in [5, 5.41) is 5.99. The topological polar surface area (TPSA) is 54.5 Å². The number of benzene rings is 1. The zero-order valence-corrected chi connectivity index (χ0v) is 15.0. The summed E-state index contributed by atoms with van der Waals surface area (Å²) in [6.45, 7) is 5.98. The van der Waals surface area contributed by atoms with E-state index in [2.05, 4.69) is 29.0 Å². The second-order valence-corrected chi connectivity index (χ2v) is 7.21. The third-order valence-electron chi connectivity index (χ3n) is 4.45. The summed E-state index contributed by atoms with van der Waals surface area (Å²) in [5.74, 6) is -0.0638. The molecule has 0 spiro atoms. The average molecular weight is 345 g/mol. The number of nitrogens with zero attached hydrogens (tertiary/aromatic N) is 2. The summed E-state index contributed by atoms with van der Waals surface area (Å²) in [6, 6.07) is 8.05. The fourth-order valence-corrected chi connectivity index (χ4v) is 3.65. The van der Waals surface area contributed by atoms with E-state index in [0.29, 0.717) is 11.6 Å². The minimum atomic E-state index is -0.0638. The van der Waals surface area contributed by atoms with Crippen molar-refractivity contribution in [2.24, 2.45) is 0 Å². The normalized spacial score (nSPS) is 21.3. The monoisotopic (exact) mass is 345 g/mol. The molecule has 1 saturated heterocycles. The molecule has 0 radical (unpaired) electrons. The number of carbonyl (C=O) groups is 1. The molecule has 0 saturated carbocycles. The molecule has 128 valence electrons. The highest BCUT2D eigenvalue weighted by molar-refractivity contribution is 7.13. The Bertz CT molecular complexity index is 687. The summed E-state index contributed by atoms with van der Waals surface area (Å²) in [4.78, 5) is 19.3. The Kier molecular flexibility index (Phi) is 5.28. The van der Waals surface area contributed by atoms with Crippen LogP contribution in [0.2, 0.25) is 0 Å². The molecule has 0 unspecified atom stereocenters. The number of amides is 1. The minimum absolute atomic E-state index is 0.00780. The number of nitrogens with one attached hydrogen (secondary N) is 1. The van der Waals surface area contributed by atoms with Gasteiger partial charge in [0.2, 0.25) is 0 Å². The summed E-state index contributed by atoms with van der Waals surface area (Å²) < 4.78 is 5.56. The fraction of sp³-hybridized carbons (Fsp3) is 0.444. The van der Waals surface area contributed by atoms with Crippen molar-refractivity contribution in [1.29, 1.82) is 0 Å². The highest BCUT2D eigenvalue weighted by Gasteiger charge is 2.35. The maximum atomic E-state index is 12.7. The van der Waals surface area contributed by atoms with Crippen molar-refractivity contribution in [3.63, 3.8) is 0 Å². The maximum absolute atomic E-state index is 12.7. The van der Waals surface area contributed by atoms with Crippen LogP contribution in [-0.2, 0) is 4.74 Å². The molecule has 2 heterocycles. The number of carbonyl (C=O) groups excluding carboxylic acids is 1. The smallest absolute Gasteiger partial charge is 0.251 e. The molecule has 1 amide bonds. The van der Waals surface area contributed by atoms with Crippen LogP contribution in [0.3, 0.4) is 0 Å². The van der Waals surface area contributed by atoms with E-state index in [0.717, 1.165) is 23.7 Å². The molecule has 1 aliphatic rings. The molecule has 1 N–H and O–H groups in total. The Hall–Kier alpha value is -1.76.